The van der Waals surface area contributed by atoms with Gasteiger partial charge < -0.3 is 9.84 Å². The third-order valence-electron chi connectivity index (χ3n) is 1.37. The Morgan fingerprint density at radius 2 is 1.86 bits per heavy atom. The number of para-hydroxylation sites is 1. The maximum Gasteiger partial charge on any atom is 0.339 e. The Labute approximate surface area is 112 Å². The number of benzene rings is 1. The van der Waals surface area contributed by atoms with Crippen LogP contribution in [-0.4, -0.2) is 17.0 Å². The van der Waals surface area contributed by atoms with Crippen LogP contribution in [0.25, 0.3) is 0 Å². The van der Waals surface area contributed by atoms with Crippen LogP contribution in [0.4, 0.5) is 0 Å². The molecule has 5 heteroatoms. The predicted molar refractivity (Wildman–Crippen MR) is 44.7 cm³/mol. The number of esters is 1. The van der Waals surface area contributed by atoms with Crippen LogP contribution in [0.5, 0.6) is 5.75 Å². The summed E-state index contributed by atoms with van der Waals surface area (Å²) in [7, 11) is 0. The fourth-order valence-electron chi connectivity index (χ4n) is 0.887. The van der Waals surface area contributed by atoms with Gasteiger partial charge in [-0.05, 0) is 12.1 Å². The molecule has 0 bridgehead atoms. The average Bonchev–Trinajstić information content (AvgIpc) is 2.03. The van der Waals surface area contributed by atoms with Gasteiger partial charge in [0.2, 0.25) is 0 Å². The number of rotatable bonds is 2. The number of hydrogen-bond acceptors (Lipinski definition) is 3. The van der Waals surface area contributed by atoms with Crippen LogP contribution < -0.4 is 4.74 Å². The molecule has 1 radical (unpaired) electrons. The van der Waals surface area contributed by atoms with E-state index in [4.69, 9.17) is 5.11 Å². The molecule has 0 saturated carbocycles. The Balaban J connectivity index is 0.00000169. The molecular weight excluding hydrogens is 331 g/mol. The molecule has 14 heavy (non-hydrogen) atoms. The van der Waals surface area contributed by atoms with Crippen molar-refractivity contribution in [1.29, 1.82) is 0 Å². The number of carboxylic acid groups (broad SMARTS) is 1. The number of carbonyl (C=O) groups excluding carboxylic acids is 1. The summed E-state index contributed by atoms with van der Waals surface area (Å²) < 4.78 is 4.69. The zero-order chi connectivity index (χ0) is 9.84. The molecule has 1 aromatic carbocycles. The maximum atomic E-state index is 10.6. The van der Waals surface area contributed by atoms with Gasteiger partial charge in [0.25, 0.3) is 0 Å². The second-order valence-electron chi connectivity index (χ2n) is 2.39. The molecule has 0 fully saturated rings. The topological polar surface area (TPSA) is 63.6 Å². The van der Waals surface area contributed by atoms with E-state index in [2.05, 4.69) is 4.74 Å². The van der Waals surface area contributed by atoms with Gasteiger partial charge in [-0.15, -0.1) is 0 Å². The molecule has 77 valence electrons. The van der Waals surface area contributed by atoms with Crippen LogP contribution in [0.2, 0.25) is 0 Å². The van der Waals surface area contributed by atoms with E-state index >= 15 is 0 Å². The van der Waals surface area contributed by atoms with E-state index in [1.165, 1.54) is 19.1 Å². The van der Waals surface area contributed by atoms with E-state index in [1.54, 1.807) is 12.1 Å². The van der Waals surface area contributed by atoms with Gasteiger partial charge in [0, 0.05) is 45.5 Å². The summed E-state index contributed by atoms with van der Waals surface area (Å²) in [6.07, 6.45) is 0. The Morgan fingerprint density at radius 1 is 1.29 bits per heavy atom. The monoisotopic (exact) mass is 339 g/mol. The molecule has 0 amide bonds. The van der Waals surface area contributed by atoms with Gasteiger partial charge >= 0.3 is 11.9 Å². The number of carbonyl (C=O) groups is 2. The third-order valence-corrected chi connectivity index (χ3v) is 1.37. The Hall–Kier alpha value is -0.554. The summed E-state index contributed by atoms with van der Waals surface area (Å²) in [4.78, 5) is 21.2. The quantitative estimate of drug-likeness (QED) is 0.652. The molecule has 0 aliphatic heterocycles. The van der Waals surface area contributed by atoms with Crippen LogP contribution in [0.15, 0.2) is 24.3 Å². The van der Waals surface area contributed by atoms with Crippen LogP contribution in [0.1, 0.15) is 17.3 Å². The summed E-state index contributed by atoms with van der Waals surface area (Å²) >= 11 is 0. The minimum absolute atomic E-state index is 0. The summed E-state index contributed by atoms with van der Waals surface area (Å²) in [5.41, 5.74) is -0.0160. The van der Waals surface area contributed by atoms with Crippen molar-refractivity contribution in [3.8, 4) is 5.75 Å². The van der Waals surface area contributed by atoms with Gasteiger partial charge in [-0.2, -0.15) is 0 Å². The van der Waals surface area contributed by atoms with Crippen molar-refractivity contribution in [2.75, 3.05) is 0 Å². The minimum atomic E-state index is -1.11. The number of ether oxygens (including phenoxy) is 1. The first-order chi connectivity index (χ1) is 6.11. The largest absolute Gasteiger partial charge is 0.478 e. The second kappa shape index (κ2) is 6.03. The minimum Gasteiger partial charge on any atom is -0.478 e. The Bertz CT molecular complexity index is 348. The van der Waals surface area contributed by atoms with Gasteiger partial charge in [0.05, 0.1) is 0 Å². The Kier molecular flexibility index (Phi) is 5.79. The molecule has 0 saturated heterocycles. The van der Waals surface area contributed by atoms with Crippen LogP contribution in [0.3, 0.4) is 0 Å². The molecule has 1 rings (SSSR count). The number of carboxylic acids is 1. The fraction of sp³-hybridized carbons (Fsp3) is 0.111. The first-order valence-electron chi connectivity index (χ1n) is 3.62. The standard InChI is InChI=1S/C9H8O4.Tb/c1-6(10)13-8-5-3-2-4-7(8)9(11)12;/h2-5H,1H3,(H,11,12);. The zero-order valence-electron chi connectivity index (χ0n) is 7.31. The summed E-state index contributed by atoms with van der Waals surface area (Å²) in [6, 6.07) is 5.98. The van der Waals surface area contributed by atoms with E-state index in [9.17, 15) is 9.59 Å². The molecule has 0 atom stereocenters. The summed E-state index contributed by atoms with van der Waals surface area (Å²) in [6.45, 7) is 1.22. The van der Waals surface area contributed by atoms with Crippen molar-refractivity contribution >= 4 is 11.9 Å². The molecule has 4 nitrogen and oxygen atoms in total. The van der Waals surface area contributed by atoms with Crippen LogP contribution in [0, 0.1) is 38.6 Å². The van der Waals surface area contributed by atoms with Crippen molar-refractivity contribution in [3.63, 3.8) is 0 Å². The van der Waals surface area contributed by atoms with Crippen LogP contribution in [-0.2, 0) is 4.79 Å². The Morgan fingerprint density at radius 3 is 2.36 bits per heavy atom. The summed E-state index contributed by atoms with van der Waals surface area (Å²) in [5, 5.41) is 8.69. The van der Waals surface area contributed by atoms with Gasteiger partial charge in [-0.3, -0.25) is 4.79 Å². The van der Waals surface area contributed by atoms with Crippen molar-refractivity contribution in [2.24, 2.45) is 0 Å². The first-order valence-corrected chi connectivity index (χ1v) is 3.62. The fourth-order valence-corrected chi connectivity index (χ4v) is 0.887. The molecule has 0 spiro atoms. The van der Waals surface area contributed by atoms with E-state index in [-0.39, 0.29) is 49.9 Å². The third kappa shape index (κ3) is 3.67. The van der Waals surface area contributed by atoms with Crippen molar-refractivity contribution < 1.29 is 58.0 Å². The van der Waals surface area contributed by atoms with E-state index in [1.807, 2.05) is 0 Å². The average molecular weight is 339 g/mol. The van der Waals surface area contributed by atoms with E-state index in [0.29, 0.717) is 0 Å². The van der Waals surface area contributed by atoms with Gasteiger partial charge in [0.15, 0.2) is 0 Å². The van der Waals surface area contributed by atoms with Crippen LogP contribution >= 0.6 is 0 Å². The first kappa shape index (κ1) is 13.4. The van der Waals surface area contributed by atoms with Crippen molar-refractivity contribution in [1.82, 2.24) is 0 Å². The molecule has 0 aliphatic carbocycles. The van der Waals surface area contributed by atoms with Crippen molar-refractivity contribution in [2.45, 2.75) is 6.92 Å². The second-order valence-corrected chi connectivity index (χ2v) is 2.39. The normalized spacial score (nSPS) is 8.64. The zero-order valence-corrected chi connectivity index (χ0v) is 9.45. The van der Waals surface area contributed by atoms with Gasteiger partial charge in [-0.25, -0.2) is 4.79 Å². The SMILES string of the molecule is CC(=O)Oc1ccccc1C(=O)O.[Tb]. The van der Waals surface area contributed by atoms with Gasteiger partial charge in [0.1, 0.15) is 11.3 Å². The molecule has 0 unspecified atom stereocenters. The molecule has 0 heterocycles. The predicted octanol–water partition coefficient (Wildman–Crippen LogP) is 1.31. The summed E-state index contributed by atoms with van der Waals surface area (Å²) in [5.74, 6) is -1.58. The molecule has 0 aromatic heterocycles. The van der Waals surface area contributed by atoms with Crippen molar-refractivity contribution in [3.05, 3.63) is 29.8 Å². The molecule has 1 N–H and O–H groups in total. The maximum absolute atomic E-state index is 10.6. The molecule has 0 aliphatic rings. The number of aromatic carboxylic acids is 1. The molecular formula is C9H8O4Tb. The smallest absolute Gasteiger partial charge is 0.339 e. The molecule has 1 aromatic rings. The number of hydrogen-bond donors (Lipinski definition) is 1. The van der Waals surface area contributed by atoms with E-state index < -0.39 is 11.9 Å². The van der Waals surface area contributed by atoms with E-state index in [0.717, 1.165) is 0 Å². The van der Waals surface area contributed by atoms with Gasteiger partial charge in [-0.1, -0.05) is 12.1 Å².